The minimum absolute atomic E-state index is 0.0634. The summed E-state index contributed by atoms with van der Waals surface area (Å²) in [6, 6.07) is 4.69. The number of nitrogens with zero attached hydrogens (tertiary/aromatic N) is 2. The Balaban J connectivity index is 1.74. The van der Waals surface area contributed by atoms with Gasteiger partial charge < -0.3 is 10.2 Å². The average molecular weight is 464 g/mol. The van der Waals surface area contributed by atoms with Crippen molar-refractivity contribution in [3.05, 3.63) is 28.2 Å². The second-order valence-corrected chi connectivity index (χ2v) is 10.2. The van der Waals surface area contributed by atoms with Gasteiger partial charge in [-0.05, 0) is 63.5 Å². The van der Waals surface area contributed by atoms with Gasteiger partial charge in [-0.1, -0.05) is 36.0 Å². The van der Waals surface area contributed by atoms with Crippen molar-refractivity contribution in [2.45, 2.75) is 44.9 Å². The Hall–Kier alpha value is -1.02. The van der Waals surface area contributed by atoms with E-state index in [0.717, 1.165) is 32.3 Å². The molecule has 1 aliphatic heterocycles. The van der Waals surface area contributed by atoms with Crippen molar-refractivity contribution in [2.24, 2.45) is 0 Å². The standard InChI is InChI=1S/C20H31Cl2N3O3S/c1-29(27,28)25(19-16-17(21)9-10-18(19)22)15-6-8-20(26)23-11-7-14-24-12-4-2-3-5-13-24/h9-10,16H,2-8,11-15H2,1H3,(H,23,26). The molecule has 0 aromatic heterocycles. The Kier molecular flexibility index (Phi) is 10.0. The first-order chi connectivity index (χ1) is 13.8. The average Bonchev–Trinajstić information content (AvgIpc) is 2.92. The van der Waals surface area contributed by atoms with E-state index in [1.54, 1.807) is 12.1 Å². The van der Waals surface area contributed by atoms with Crippen LogP contribution in [0, 0.1) is 0 Å². The second-order valence-electron chi connectivity index (χ2n) is 7.49. The Bertz CT molecular complexity index is 766. The van der Waals surface area contributed by atoms with E-state index in [2.05, 4.69) is 10.2 Å². The lowest BCUT2D eigenvalue weighted by molar-refractivity contribution is -0.121. The van der Waals surface area contributed by atoms with Gasteiger partial charge in [0.05, 0.1) is 17.0 Å². The smallest absolute Gasteiger partial charge is 0.232 e. The summed E-state index contributed by atoms with van der Waals surface area (Å²) < 4.78 is 25.6. The Morgan fingerprint density at radius 1 is 1.14 bits per heavy atom. The monoisotopic (exact) mass is 463 g/mol. The van der Waals surface area contributed by atoms with Gasteiger partial charge in [0.15, 0.2) is 0 Å². The lowest BCUT2D eigenvalue weighted by Gasteiger charge is -2.23. The number of carbonyl (C=O) groups excluding carboxylic acids is 1. The van der Waals surface area contributed by atoms with Crippen LogP contribution in [-0.4, -0.2) is 58.2 Å². The maximum absolute atomic E-state index is 12.2. The number of amides is 1. The molecule has 29 heavy (non-hydrogen) atoms. The molecule has 0 bridgehead atoms. The molecule has 1 heterocycles. The molecule has 0 atom stereocenters. The fourth-order valence-electron chi connectivity index (χ4n) is 3.50. The van der Waals surface area contributed by atoms with Crippen molar-refractivity contribution >= 4 is 44.8 Å². The second kappa shape index (κ2) is 12.0. The number of hydrogen-bond acceptors (Lipinski definition) is 4. The number of carbonyl (C=O) groups is 1. The summed E-state index contributed by atoms with van der Waals surface area (Å²) in [5, 5.41) is 3.64. The largest absolute Gasteiger partial charge is 0.356 e. The molecule has 0 saturated carbocycles. The van der Waals surface area contributed by atoms with Gasteiger partial charge in [0, 0.05) is 24.5 Å². The van der Waals surface area contributed by atoms with Crippen LogP contribution in [0.1, 0.15) is 44.9 Å². The van der Waals surface area contributed by atoms with Crippen LogP contribution in [0.2, 0.25) is 10.0 Å². The number of likely N-dealkylation sites (tertiary alicyclic amines) is 1. The highest BCUT2D eigenvalue weighted by atomic mass is 35.5. The molecule has 1 aromatic carbocycles. The molecule has 0 unspecified atom stereocenters. The fourth-order valence-corrected chi connectivity index (χ4v) is 4.91. The summed E-state index contributed by atoms with van der Waals surface area (Å²) in [4.78, 5) is 14.6. The van der Waals surface area contributed by atoms with E-state index >= 15 is 0 Å². The third-order valence-electron chi connectivity index (χ3n) is 5.01. The minimum atomic E-state index is -3.54. The first kappa shape index (κ1) is 24.3. The number of nitrogens with one attached hydrogen (secondary N) is 1. The Morgan fingerprint density at radius 3 is 2.48 bits per heavy atom. The van der Waals surface area contributed by atoms with Gasteiger partial charge in [0.1, 0.15) is 0 Å². The number of benzene rings is 1. The lowest BCUT2D eigenvalue weighted by Crippen LogP contribution is -2.33. The highest BCUT2D eigenvalue weighted by molar-refractivity contribution is 7.92. The Morgan fingerprint density at radius 2 is 1.83 bits per heavy atom. The summed E-state index contributed by atoms with van der Waals surface area (Å²) in [7, 11) is -3.54. The van der Waals surface area contributed by atoms with Crippen LogP contribution in [0.25, 0.3) is 0 Å². The zero-order valence-electron chi connectivity index (χ0n) is 17.0. The summed E-state index contributed by atoms with van der Waals surface area (Å²) in [6.07, 6.45) is 7.87. The molecule has 1 saturated heterocycles. The van der Waals surface area contributed by atoms with Crippen LogP contribution in [-0.2, 0) is 14.8 Å². The van der Waals surface area contributed by atoms with Crippen LogP contribution in [0.5, 0.6) is 0 Å². The van der Waals surface area contributed by atoms with Crippen LogP contribution in [0.4, 0.5) is 5.69 Å². The molecular weight excluding hydrogens is 433 g/mol. The molecule has 164 valence electrons. The lowest BCUT2D eigenvalue weighted by atomic mass is 10.2. The zero-order chi connectivity index (χ0) is 21.3. The first-order valence-corrected chi connectivity index (χ1v) is 12.8. The van der Waals surface area contributed by atoms with E-state index in [4.69, 9.17) is 23.2 Å². The van der Waals surface area contributed by atoms with Gasteiger partial charge in [-0.2, -0.15) is 0 Å². The van der Waals surface area contributed by atoms with Gasteiger partial charge >= 0.3 is 0 Å². The summed E-state index contributed by atoms with van der Waals surface area (Å²) >= 11 is 12.1. The Labute approximate surface area is 184 Å². The molecule has 0 radical (unpaired) electrons. The van der Waals surface area contributed by atoms with Gasteiger partial charge in [-0.3, -0.25) is 9.10 Å². The fraction of sp³-hybridized carbons (Fsp3) is 0.650. The normalized spacial score (nSPS) is 15.7. The molecule has 0 aliphatic carbocycles. The van der Waals surface area contributed by atoms with Crippen LogP contribution >= 0.6 is 23.2 Å². The van der Waals surface area contributed by atoms with E-state index in [1.165, 1.54) is 36.1 Å². The first-order valence-electron chi connectivity index (χ1n) is 10.2. The molecule has 0 spiro atoms. The SMILES string of the molecule is CS(=O)(=O)N(CCCC(=O)NCCCN1CCCCCC1)c1cc(Cl)ccc1Cl. The van der Waals surface area contributed by atoms with E-state index in [1.807, 2.05) is 0 Å². The van der Waals surface area contributed by atoms with Crippen LogP contribution < -0.4 is 9.62 Å². The highest BCUT2D eigenvalue weighted by Gasteiger charge is 2.20. The maximum atomic E-state index is 12.2. The number of hydrogen-bond donors (Lipinski definition) is 1. The van der Waals surface area contributed by atoms with Crippen LogP contribution in [0.3, 0.4) is 0 Å². The predicted octanol–water partition coefficient (Wildman–Crippen LogP) is 3.92. The summed E-state index contributed by atoms with van der Waals surface area (Å²) in [5.74, 6) is -0.0634. The van der Waals surface area contributed by atoms with Crippen molar-refractivity contribution in [3.8, 4) is 0 Å². The van der Waals surface area contributed by atoms with Gasteiger partial charge in [0.2, 0.25) is 15.9 Å². The van der Waals surface area contributed by atoms with Crippen molar-refractivity contribution < 1.29 is 13.2 Å². The topological polar surface area (TPSA) is 69.7 Å². The summed E-state index contributed by atoms with van der Waals surface area (Å²) in [5.41, 5.74) is 0.333. The van der Waals surface area contributed by atoms with Crippen molar-refractivity contribution in [1.82, 2.24) is 10.2 Å². The zero-order valence-corrected chi connectivity index (χ0v) is 19.3. The molecule has 1 N–H and O–H groups in total. The number of halogens is 2. The third kappa shape index (κ3) is 8.70. The number of sulfonamides is 1. The molecular formula is C20H31Cl2N3O3S. The molecule has 1 amide bonds. The van der Waals surface area contributed by atoms with Crippen molar-refractivity contribution in [1.29, 1.82) is 0 Å². The quantitative estimate of drug-likeness (QED) is 0.533. The van der Waals surface area contributed by atoms with Gasteiger partial charge in [-0.25, -0.2) is 8.42 Å². The van der Waals surface area contributed by atoms with E-state index in [9.17, 15) is 13.2 Å². The van der Waals surface area contributed by atoms with Crippen molar-refractivity contribution in [2.75, 3.05) is 43.3 Å². The van der Waals surface area contributed by atoms with E-state index < -0.39 is 10.0 Å². The van der Waals surface area contributed by atoms with Crippen molar-refractivity contribution in [3.63, 3.8) is 0 Å². The molecule has 1 aromatic rings. The molecule has 2 rings (SSSR count). The third-order valence-corrected chi connectivity index (χ3v) is 6.75. The molecule has 6 nitrogen and oxygen atoms in total. The minimum Gasteiger partial charge on any atom is -0.356 e. The maximum Gasteiger partial charge on any atom is 0.232 e. The van der Waals surface area contributed by atoms with Gasteiger partial charge in [0.25, 0.3) is 0 Å². The summed E-state index contributed by atoms with van der Waals surface area (Å²) in [6.45, 7) is 4.13. The number of rotatable bonds is 10. The van der Waals surface area contributed by atoms with E-state index in [-0.39, 0.29) is 18.9 Å². The predicted molar refractivity (Wildman–Crippen MR) is 120 cm³/mol. The van der Waals surface area contributed by atoms with Crippen LogP contribution in [0.15, 0.2) is 18.2 Å². The van der Waals surface area contributed by atoms with Gasteiger partial charge in [-0.15, -0.1) is 0 Å². The molecule has 1 aliphatic rings. The molecule has 1 fully saturated rings. The molecule has 9 heteroatoms. The van der Waals surface area contributed by atoms with E-state index in [0.29, 0.717) is 28.7 Å². The number of anilines is 1. The highest BCUT2D eigenvalue weighted by Crippen LogP contribution is 2.30.